The molecule has 1 N–H and O–H groups in total. The second-order valence-electron chi connectivity index (χ2n) is 4.32. The molecule has 0 unspecified atom stereocenters. The number of pyridine rings is 1. The smallest absolute Gasteiger partial charge is 0.126 e. The third-order valence-electron chi connectivity index (χ3n) is 1.71. The van der Waals surface area contributed by atoms with Crippen molar-refractivity contribution in [1.29, 1.82) is 5.26 Å². The zero-order chi connectivity index (χ0) is 10.8. The monoisotopic (exact) mass is 189 g/mol. The van der Waals surface area contributed by atoms with Crippen molar-refractivity contribution in [3.63, 3.8) is 0 Å². The lowest BCUT2D eigenvalue weighted by molar-refractivity contribution is 0.630. The Kier molecular flexibility index (Phi) is 2.76. The maximum absolute atomic E-state index is 8.73. The molecule has 0 atom stereocenters. The van der Waals surface area contributed by atoms with Gasteiger partial charge >= 0.3 is 0 Å². The normalized spacial score (nSPS) is 10.8. The van der Waals surface area contributed by atoms with Gasteiger partial charge in [-0.1, -0.05) is 0 Å². The van der Waals surface area contributed by atoms with Crippen molar-refractivity contribution >= 4 is 5.82 Å². The first-order chi connectivity index (χ1) is 6.42. The number of rotatable bonds is 1. The summed E-state index contributed by atoms with van der Waals surface area (Å²) in [6.07, 6.45) is 0. The molecule has 14 heavy (non-hydrogen) atoms. The fourth-order valence-corrected chi connectivity index (χ4v) is 1.13. The SMILES string of the molecule is Cc1nc(NC(C)(C)C)ccc1C#N. The zero-order valence-electron chi connectivity index (χ0n) is 9.05. The Morgan fingerprint density at radius 2 is 2.00 bits per heavy atom. The molecule has 0 fully saturated rings. The molecule has 1 heterocycles. The molecule has 0 aliphatic heterocycles. The maximum Gasteiger partial charge on any atom is 0.126 e. The third kappa shape index (κ3) is 2.74. The molecule has 0 radical (unpaired) electrons. The number of anilines is 1. The van der Waals surface area contributed by atoms with Crippen LogP contribution < -0.4 is 5.32 Å². The fraction of sp³-hybridized carbons (Fsp3) is 0.455. The minimum atomic E-state index is -0.00635. The fourth-order valence-electron chi connectivity index (χ4n) is 1.13. The Morgan fingerprint density at radius 1 is 1.36 bits per heavy atom. The lowest BCUT2D eigenvalue weighted by atomic mass is 10.1. The number of nitriles is 1. The van der Waals surface area contributed by atoms with E-state index in [2.05, 4.69) is 37.1 Å². The van der Waals surface area contributed by atoms with Crippen LogP contribution in [0.2, 0.25) is 0 Å². The van der Waals surface area contributed by atoms with Gasteiger partial charge in [0.15, 0.2) is 0 Å². The molecule has 0 aliphatic carbocycles. The summed E-state index contributed by atoms with van der Waals surface area (Å²) in [5, 5.41) is 12.0. The molecule has 3 heteroatoms. The molecule has 0 amide bonds. The number of aromatic nitrogens is 1. The second-order valence-corrected chi connectivity index (χ2v) is 4.32. The molecule has 74 valence electrons. The molecule has 0 bridgehead atoms. The predicted molar refractivity (Wildman–Crippen MR) is 57.1 cm³/mol. The number of nitrogens with zero attached hydrogens (tertiary/aromatic N) is 2. The van der Waals surface area contributed by atoms with Crippen LogP contribution in [0.25, 0.3) is 0 Å². The van der Waals surface area contributed by atoms with Crippen molar-refractivity contribution in [3.05, 3.63) is 23.4 Å². The lowest BCUT2D eigenvalue weighted by Crippen LogP contribution is -2.26. The summed E-state index contributed by atoms with van der Waals surface area (Å²) in [6.45, 7) is 8.05. The Labute approximate surface area is 84.8 Å². The zero-order valence-corrected chi connectivity index (χ0v) is 9.05. The average molecular weight is 189 g/mol. The largest absolute Gasteiger partial charge is 0.365 e. The number of nitrogens with one attached hydrogen (secondary N) is 1. The summed E-state index contributed by atoms with van der Waals surface area (Å²) in [5.74, 6) is 0.814. The van der Waals surface area contributed by atoms with Crippen molar-refractivity contribution < 1.29 is 0 Å². The van der Waals surface area contributed by atoms with Crippen LogP contribution in [0, 0.1) is 18.3 Å². The molecular formula is C11H15N3. The van der Waals surface area contributed by atoms with Gasteiger partial charge in [-0.15, -0.1) is 0 Å². The van der Waals surface area contributed by atoms with Gasteiger partial charge in [0, 0.05) is 5.54 Å². The highest BCUT2D eigenvalue weighted by molar-refractivity contribution is 5.44. The van der Waals surface area contributed by atoms with E-state index in [0.717, 1.165) is 11.5 Å². The Balaban J connectivity index is 2.94. The number of hydrogen-bond acceptors (Lipinski definition) is 3. The van der Waals surface area contributed by atoms with Crippen LogP contribution in [0.4, 0.5) is 5.82 Å². The molecule has 0 saturated carbocycles. The molecule has 0 spiro atoms. The molecule has 0 aliphatic rings. The minimum Gasteiger partial charge on any atom is -0.365 e. The molecule has 3 nitrogen and oxygen atoms in total. The van der Waals surface area contributed by atoms with Crippen LogP contribution in [0.5, 0.6) is 0 Å². The van der Waals surface area contributed by atoms with Gasteiger partial charge in [-0.2, -0.15) is 5.26 Å². The molecule has 1 rings (SSSR count). The van der Waals surface area contributed by atoms with E-state index < -0.39 is 0 Å². The van der Waals surface area contributed by atoms with Crippen LogP contribution in [0.3, 0.4) is 0 Å². The Hall–Kier alpha value is -1.56. The highest BCUT2D eigenvalue weighted by Gasteiger charge is 2.10. The quantitative estimate of drug-likeness (QED) is 0.738. The lowest BCUT2D eigenvalue weighted by Gasteiger charge is -2.21. The van der Waals surface area contributed by atoms with Gasteiger partial charge < -0.3 is 5.32 Å². The summed E-state index contributed by atoms with van der Waals surface area (Å²) in [7, 11) is 0. The molecular weight excluding hydrogens is 174 g/mol. The van der Waals surface area contributed by atoms with E-state index in [1.165, 1.54) is 0 Å². The first-order valence-electron chi connectivity index (χ1n) is 4.58. The number of aryl methyl sites for hydroxylation is 1. The molecule has 0 aromatic carbocycles. The molecule has 0 saturated heterocycles. The van der Waals surface area contributed by atoms with E-state index in [4.69, 9.17) is 5.26 Å². The average Bonchev–Trinajstić information content (AvgIpc) is 2.01. The summed E-state index contributed by atoms with van der Waals surface area (Å²) in [5.41, 5.74) is 1.39. The van der Waals surface area contributed by atoms with E-state index >= 15 is 0 Å². The van der Waals surface area contributed by atoms with E-state index in [1.807, 2.05) is 13.0 Å². The molecule has 1 aromatic heterocycles. The standard InChI is InChI=1S/C11H15N3/c1-8-9(7-12)5-6-10(13-8)14-11(2,3)4/h5-6H,1-4H3,(H,13,14). The summed E-state index contributed by atoms with van der Waals surface area (Å²) in [4.78, 5) is 4.30. The second kappa shape index (κ2) is 3.67. The van der Waals surface area contributed by atoms with Crippen molar-refractivity contribution in [2.24, 2.45) is 0 Å². The highest BCUT2D eigenvalue weighted by atomic mass is 15.0. The van der Waals surface area contributed by atoms with E-state index in [9.17, 15) is 0 Å². The van der Waals surface area contributed by atoms with Gasteiger partial charge in [0.25, 0.3) is 0 Å². The predicted octanol–water partition coefficient (Wildman–Crippen LogP) is 2.47. The van der Waals surface area contributed by atoms with Crippen molar-refractivity contribution in [2.45, 2.75) is 33.2 Å². The van der Waals surface area contributed by atoms with Crippen LogP contribution in [-0.4, -0.2) is 10.5 Å². The van der Waals surface area contributed by atoms with Gasteiger partial charge in [0.1, 0.15) is 11.9 Å². The summed E-state index contributed by atoms with van der Waals surface area (Å²) >= 11 is 0. The molecule has 1 aromatic rings. The van der Waals surface area contributed by atoms with Crippen LogP contribution in [0.1, 0.15) is 32.0 Å². The maximum atomic E-state index is 8.73. The van der Waals surface area contributed by atoms with Crippen LogP contribution in [-0.2, 0) is 0 Å². The first kappa shape index (κ1) is 10.5. The van der Waals surface area contributed by atoms with Crippen LogP contribution >= 0.6 is 0 Å². The van der Waals surface area contributed by atoms with Gasteiger partial charge in [-0.25, -0.2) is 4.98 Å². The van der Waals surface area contributed by atoms with E-state index in [-0.39, 0.29) is 5.54 Å². The van der Waals surface area contributed by atoms with Gasteiger partial charge in [0.2, 0.25) is 0 Å². The van der Waals surface area contributed by atoms with Gasteiger partial charge in [-0.3, -0.25) is 0 Å². The topological polar surface area (TPSA) is 48.7 Å². The Morgan fingerprint density at radius 3 is 2.43 bits per heavy atom. The summed E-state index contributed by atoms with van der Waals surface area (Å²) in [6, 6.07) is 5.71. The minimum absolute atomic E-state index is 0.00635. The summed E-state index contributed by atoms with van der Waals surface area (Å²) < 4.78 is 0. The Bertz CT molecular complexity index is 369. The number of hydrogen-bond donors (Lipinski definition) is 1. The van der Waals surface area contributed by atoms with Gasteiger partial charge in [-0.05, 0) is 39.8 Å². The van der Waals surface area contributed by atoms with Crippen molar-refractivity contribution in [1.82, 2.24) is 4.98 Å². The van der Waals surface area contributed by atoms with E-state index in [0.29, 0.717) is 5.56 Å². The highest BCUT2D eigenvalue weighted by Crippen LogP contribution is 2.14. The third-order valence-corrected chi connectivity index (χ3v) is 1.71. The van der Waals surface area contributed by atoms with Crippen molar-refractivity contribution in [2.75, 3.05) is 5.32 Å². The van der Waals surface area contributed by atoms with Gasteiger partial charge in [0.05, 0.1) is 11.3 Å². The van der Waals surface area contributed by atoms with Crippen molar-refractivity contribution in [3.8, 4) is 6.07 Å². The van der Waals surface area contributed by atoms with E-state index in [1.54, 1.807) is 6.07 Å². The first-order valence-corrected chi connectivity index (χ1v) is 4.58. The van der Waals surface area contributed by atoms with Crippen LogP contribution in [0.15, 0.2) is 12.1 Å².